The molecule has 1 heterocycles. The first kappa shape index (κ1) is 8.47. The molecule has 0 aromatic heterocycles. The van der Waals surface area contributed by atoms with Gasteiger partial charge in [-0.25, -0.2) is 4.79 Å². The minimum atomic E-state index is -0.935. The molecule has 0 radical (unpaired) electrons. The predicted molar refractivity (Wildman–Crippen MR) is 44.4 cm³/mol. The summed E-state index contributed by atoms with van der Waals surface area (Å²) in [6, 6.07) is 0. The molecule has 0 bridgehead atoms. The third-order valence-corrected chi connectivity index (χ3v) is 2.43. The Morgan fingerprint density at radius 1 is 1.92 bits per heavy atom. The van der Waals surface area contributed by atoms with Gasteiger partial charge in [0.15, 0.2) is 6.10 Å². The number of epoxide rings is 1. The average Bonchev–Trinajstić information content (AvgIpc) is 2.71. The molecule has 1 aliphatic heterocycles. The van der Waals surface area contributed by atoms with Gasteiger partial charge in [0.05, 0.1) is 0 Å². The van der Waals surface area contributed by atoms with Crippen molar-refractivity contribution in [2.24, 2.45) is 0 Å². The summed E-state index contributed by atoms with van der Waals surface area (Å²) in [4.78, 5) is 10.3. The monoisotopic (exact) mass is 181 g/mol. The minimum absolute atomic E-state index is 0.0422. The van der Waals surface area contributed by atoms with E-state index < -0.39 is 5.97 Å². The van der Waals surface area contributed by atoms with Gasteiger partial charge in [0, 0.05) is 12.5 Å². The topological polar surface area (TPSA) is 66.4 Å². The average molecular weight is 181 g/mol. The maximum absolute atomic E-state index is 10.3. The standard InChI is InChI=1S/C9H11NO3/c1-10-6-2-4-9(8(6)13-9)5-3-7(11)12/h2-3,5,8H,1,4,10H2,(H,11,12). The Morgan fingerprint density at radius 3 is 3.15 bits per heavy atom. The molecule has 1 fully saturated rings. The molecule has 1 saturated heterocycles. The normalized spacial score (nSPS) is 36.1. The van der Waals surface area contributed by atoms with Crippen molar-refractivity contribution in [3.05, 3.63) is 31.0 Å². The van der Waals surface area contributed by atoms with Gasteiger partial charge in [0.25, 0.3) is 0 Å². The smallest absolute Gasteiger partial charge is 0.328 e. The lowest BCUT2D eigenvalue weighted by Gasteiger charge is -1.96. The van der Waals surface area contributed by atoms with Crippen molar-refractivity contribution in [2.45, 2.75) is 18.1 Å². The van der Waals surface area contributed by atoms with Gasteiger partial charge in [0.2, 0.25) is 0 Å². The van der Waals surface area contributed by atoms with Crippen LogP contribution in [0, 0.1) is 7.05 Å². The lowest BCUT2D eigenvalue weighted by Crippen LogP contribution is -2.75. The van der Waals surface area contributed by atoms with Crippen LogP contribution in [0.25, 0.3) is 0 Å². The number of rotatable bonds is 3. The van der Waals surface area contributed by atoms with Crippen LogP contribution in [0.3, 0.4) is 0 Å². The molecule has 1 aliphatic carbocycles. The van der Waals surface area contributed by atoms with Crippen molar-refractivity contribution >= 4 is 5.97 Å². The number of carbonyl (C=O) groups is 1. The highest BCUT2D eigenvalue weighted by Crippen LogP contribution is 2.48. The molecule has 3 N–H and O–H groups in total. The molecule has 2 aliphatic rings. The van der Waals surface area contributed by atoms with Gasteiger partial charge in [-0.2, -0.15) is 0 Å². The second-order valence-corrected chi connectivity index (χ2v) is 3.24. The Labute approximate surface area is 75.9 Å². The van der Waals surface area contributed by atoms with Gasteiger partial charge in [-0.3, -0.25) is 0 Å². The highest BCUT2D eigenvalue weighted by atomic mass is 16.6. The van der Waals surface area contributed by atoms with Crippen LogP contribution >= 0.6 is 0 Å². The van der Waals surface area contributed by atoms with Crippen LogP contribution < -0.4 is 5.32 Å². The summed E-state index contributed by atoms with van der Waals surface area (Å²) in [7, 11) is 3.66. The van der Waals surface area contributed by atoms with Crippen LogP contribution in [0.2, 0.25) is 0 Å². The molecule has 2 rings (SSSR count). The van der Waals surface area contributed by atoms with E-state index in [2.05, 4.69) is 7.05 Å². The quantitative estimate of drug-likeness (QED) is 0.347. The van der Waals surface area contributed by atoms with E-state index in [0.717, 1.165) is 18.2 Å². The SMILES string of the molecule is [CH2-][NH2+]C1=CCC2(C=CC(=O)O)OC12. The summed E-state index contributed by atoms with van der Waals surface area (Å²) in [5.41, 5.74) is 0.706. The number of nitrogens with two attached hydrogens (primary N) is 1. The van der Waals surface area contributed by atoms with Crippen LogP contribution in [0.15, 0.2) is 23.9 Å². The van der Waals surface area contributed by atoms with Gasteiger partial charge < -0.3 is 15.2 Å². The van der Waals surface area contributed by atoms with Crippen molar-refractivity contribution in [3.8, 4) is 0 Å². The van der Waals surface area contributed by atoms with Gasteiger partial charge in [-0.1, -0.05) is 0 Å². The highest BCUT2D eigenvalue weighted by molar-refractivity contribution is 5.80. The van der Waals surface area contributed by atoms with Crippen molar-refractivity contribution < 1.29 is 20.0 Å². The largest absolute Gasteiger partial charge is 0.478 e. The second kappa shape index (κ2) is 2.68. The molecule has 2 unspecified atom stereocenters. The van der Waals surface area contributed by atoms with Crippen LogP contribution in [0.1, 0.15) is 6.42 Å². The molecular weight excluding hydrogens is 170 g/mol. The van der Waals surface area contributed by atoms with E-state index in [0.29, 0.717) is 0 Å². The number of hydrogen-bond acceptors (Lipinski definition) is 2. The molecule has 0 spiro atoms. The molecule has 0 aromatic carbocycles. The first-order chi connectivity index (χ1) is 6.18. The highest BCUT2D eigenvalue weighted by Gasteiger charge is 2.60. The predicted octanol–water partition coefficient (Wildman–Crippen LogP) is -0.593. The Bertz CT molecular complexity index is 308. The summed E-state index contributed by atoms with van der Waals surface area (Å²) in [6.45, 7) is 0. The van der Waals surface area contributed by atoms with Gasteiger partial charge in [-0.15, -0.1) is 7.05 Å². The Kier molecular flexibility index (Phi) is 1.75. The maximum Gasteiger partial charge on any atom is 0.328 e. The fraction of sp³-hybridized carbons (Fsp3) is 0.333. The van der Waals surface area contributed by atoms with Gasteiger partial charge in [0.1, 0.15) is 11.3 Å². The molecule has 4 heteroatoms. The molecular formula is C9H11NO3. The Hall–Kier alpha value is -1.13. The zero-order chi connectivity index (χ0) is 9.47. The zero-order valence-corrected chi connectivity index (χ0v) is 7.06. The van der Waals surface area contributed by atoms with Crippen LogP contribution in [0.4, 0.5) is 0 Å². The van der Waals surface area contributed by atoms with E-state index in [1.807, 2.05) is 6.08 Å². The van der Waals surface area contributed by atoms with E-state index in [1.165, 1.54) is 0 Å². The van der Waals surface area contributed by atoms with E-state index in [-0.39, 0.29) is 11.7 Å². The summed E-state index contributed by atoms with van der Waals surface area (Å²) < 4.78 is 5.40. The molecule has 0 amide bonds. The lowest BCUT2D eigenvalue weighted by molar-refractivity contribution is -0.546. The summed E-state index contributed by atoms with van der Waals surface area (Å²) in [5, 5.41) is 10.2. The Morgan fingerprint density at radius 2 is 2.69 bits per heavy atom. The molecule has 2 atom stereocenters. The summed E-state index contributed by atoms with van der Waals surface area (Å²) in [6.07, 6.45) is 5.59. The van der Waals surface area contributed by atoms with Crippen LogP contribution in [0.5, 0.6) is 0 Å². The van der Waals surface area contributed by atoms with E-state index in [9.17, 15) is 4.79 Å². The van der Waals surface area contributed by atoms with Gasteiger partial charge in [-0.05, 0) is 12.2 Å². The first-order valence-electron chi connectivity index (χ1n) is 4.10. The van der Waals surface area contributed by atoms with Crippen LogP contribution in [-0.4, -0.2) is 22.8 Å². The van der Waals surface area contributed by atoms with Crippen molar-refractivity contribution in [1.29, 1.82) is 0 Å². The number of hydrogen-bond donors (Lipinski definition) is 2. The maximum atomic E-state index is 10.3. The van der Waals surface area contributed by atoms with Gasteiger partial charge >= 0.3 is 5.97 Å². The lowest BCUT2D eigenvalue weighted by atomic mass is 10.1. The number of aliphatic carboxylic acids is 1. The van der Waals surface area contributed by atoms with Crippen molar-refractivity contribution in [2.75, 3.05) is 0 Å². The second-order valence-electron chi connectivity index (χ2n) is 3.24. The number of ether oxygens (including phenoxy) is 1. The van der Waals surface area contributed by atoms with E-state index in [1.54, 1.807) is 11.4 Å². The third-order valence-electron chi connectivity index (χ3n) is 2.43. The van der Waals surface area contributed by atoms with Crippen LogP contribution in [-0.2, 0) is 9.53 Å². The summed E-state index contributed by atoms with van der Waals surface area (Å²) >= 11 is 0. The molecule has 13 heavy (non-hydrogen) atoms. The number of quaternary nitrogens is 1. The Balaban J connectivity index is 2.03. The molecule has 4 nitrogen and oxygen atoms in total. The fourth-order valence-electron chi connectivity index (χ4n) is 1.67. The minimum Gasteiger partial charge on any atom is -0.478 e. The number of carboxylic acids is 1. The first-order valence-corrected chi connectivity index (χ1v) is 4.10. The van der Waals surface area contributed by atoms with E-state index in [4.69, 9.17) is 9.84 Å². The number of fused-ring (bicyclic) bond motifs is 1. The number of carboxylic acid groups (broad SMARTS) is 1. The van der Waals surface area contributed by atoms with Crippen molar-refractivity contribution in [1.82, 2.24) is 0 Å². The molecule has 0 aromatic rings. The molecule has 70 valence electrons. The third kappa shape index (κ3) is 1.28. The summed E-state index contributed by atoms with van der Waals surface area (Å²) in [5.74, 6) is -0.935. The van der Waals surface area contributed by atoms with Crippen molar-refractivity contribution in [3.63, 3.8) is 0 Å². The fourth-order valence-corrected chi connectivity index (χ4v) is 1.67. The molecule has 0 saturated carbocycles. The van der Waals surface area contributed by atoms with E-state index >= 15 is 0 Å². The zero-order valence-electron chi connectivity index (χ0n) is 7.06.